The van der Waals surface area contributed by atoms with Crippen LogP contribution >= 0.6 is 20.4 Å². The van der Waals surface area contributed by atoms with E-state index in [-0.39, 0.29) is 17.2 Å². The van der Waals surface area contributed by atoms with E-state index in [4.69, 9.17) is 14.0 Å². The summed E-state index contributed by atoms with van der Waals surface area (Å²) in [6.07, 6.45) is 7.41. The molecule has 7 nitrogen and oxygen atoms in total. The highest BCUT2D eigenvalue weighted by molar-refractivity contribution is 7.80. The maximum absolute atomic E-state index is 12.4. The van der Waals surface area contributed by atoms with Crippen molar-refractivity contribution in [1.82, 2.24) is 10.4 Å². The summed E-state index contributed by atoms with van der Waals surface area (Å²) < 4.78 is 28.1. The summed E-state index contributed by atoms with van der Waals surface area (Å²) >= 11 is 4.25. The van der Waals surface area contributed by atoms with Gasteiger partial charge in [0, 0.05) is 24.0 Å². The third-order valence-electron chi connectivity index (χ3n) is 4.39. The number of hydrogen-bond donors (Lipinski definition) is 4. The maximum Gasteiger partial charge on any atom is 0.456 e. The molecule has 1 aliphatic carbocycles. The lowest BCUT2D eigenvalue weighted by atomic mass is 10.1. The van der Waals surface area contributed by atoms with E-state index in [2.05, 4.69) is 23.0 Å². The van der Waals surface area contributed by atoms with Gasteiger partial charge in [0.2, 0.25) is 5.75 Å². The normalized spacial score (nSPS) is 18.0. The van der Waals surface area contributed by atoms with E-state index in [0.29, 0.717) is 24.0 Å². The van der Waals surface area contributed by atoms with Crippen LogP contribution < -0.4 is 24.4 Å². The molecule has 1 aromatic carbocycles. The Morgan fingerprint density at radius 2 is 1.69 bits per heavy atom. The first kappa shape index (κ1) is 21.4. The third-order valence-corrected chi connectivity index (χ3v) is 5.70. The minimum absolute atomic E-state index is 0.0721. The summed E-state index contributed by atoms with van der Waals surface area (Å²) in [6, 6.07) is 3.67. The van der Waals surface area contributed by atoms with Crippen LogP contribution in [-0.2, 0) is 4.57 Å². The largest absolute Gasteiger partial charge is 0.493 e. The minimum atomic E-state index is -4.06. The summed E-state index contributed by atoms with van der Waals surface area (Å²) in [6.45, 7) is 0.919. The first-order chi connectivity index (χ1) is 12.4. The lowest BCUT2D eigenvalue weighted by Gasteiger charge is -2.20. The van der Waals surface area contributed by atoms with Crippen LogP contribution in [0, 0.1) is 0 Å². The number of benzene rings is 1. The molecule has 0 radical (unpaired) electrons. The second-order valence-corrected chi connectivity index (χ2v) is 8.40. The van der Waals surface area contributed by atoms with Crippen LogP contribution in [0.3, 0.4) is 0 Å². The van der Waals surface area contributed by atoms with E-state index >= 15 is 0 Å². The fraction of sp³-hybridized carbons (Fsp3) is 0.647. The van der Waals surface area contributed by atoms with Gasteiger partial charge in [0.15, 0.2) is 11.5 Å². The van der Waals surface area contributed by atoms with Crippen LogP contribution in [-0.4, -0.2) is 38.2 Å². The second kappa shape index (κ2) is 10.4. The highest BCUT2D eigenvalue weighted by Gasteiger charge is 2.25. The Hall–Kier alpha value is -0.920. The molecule has 1 aliphatic rings. The number of ether oxygens (including phenoxy) is 2. The highest BCUT2D eigenvalue weighted by atomic mass is 32.1. The van der Waals surface area contributed by atoms with Gasteiger partial charge in [-0.3, -0.25) is 0 Å². The third kappa shape index (κ3) is 6.67. The molecule has 1 fully saturated rings. The molecule has 148 valence electrons. The summed E-state index contributed by atoms with van der Waals surface area (Å²) in [5.41, 5.74) is 0. The summed E-state index contributed by atoms with van der Waals surface area (Å²) in [5, 5.41) is 6.02. The van der Waals surface area contributed by atoms with Gasteiger partial charge in [-0.2, -0.15) is 0 Å². The number of methoxy groups -OCH3 is 2. The second-order valence-electron chi connectivity index (χ2n) is 6.34. The lowest BCUT2D eigenvalue weighted by Crippen LogP contribution is -2.34. The van der Waals surface area contributed by atoms with Crippen molar-refractivity contribution in [1.29, 1.82) is 0 Å². The predicted molar refractivity (Wildman–Crippen MR) is 105 cm³/mol. The van der Waals surface area contributed by atoms with Crippen molar-refractivity contribution < 1.29 is 23.5 Å². The molecule has 3 N–H and O–H groups in total. The van der Waals surface area contributed by atoms with Crippen molar-refractivity contribution in [3.05, 3.63) is 12.1 Å². The smallest absolute Gasteiger partial charge is 0.456 e. The van der Waals surface area contributed by atoms with Crippen LogP contribution in [0.4, 0.5) is 0 Å². The van der Waals surface area contributed by atoms with Crippen LogP contribution in [0.15, 0.2) is 17.0 Å². The van der Waals surface area contributed by atoms with Crippen molar-refractivity contribution in [2.45, 2.75) is 49.5 Å². The molecule has 2 rings (SSSR count). The molecule has 0 aromatic heterocycles. The molecule has 1 aromatic rings. The molecular weight excluding hydrogens is 375 g/mol. The zero-order chi connectivity index (χ0) is 19.0. The standard InChI is InChI=1S/C17H29N2O5PS/c1-22-15-11-14(26)12-16(23-2)17(15)24-25(20,21)19-10-9-18-13-7-5-3-4-6-8-13/h11-13,18,26H,3-10H2,1-2H3,(H2,19,20,21). The summed E-state index contributed by atoms with van der Waals surface area (Å²) in [4.78, 5) is 10.7. The molecule has 9 heteroatoms. The van der Waals surface area contributed by atoms with Crippen LogP contribution in [0.25, 0.3) is 0 Å². The molecule has 26 heavy (non-hydrogen) atoms. The SMILES string of the molecule is COc1cc(S)cc(OC)c1OP(=O)(O)NCCNC1CCCCCC1. The fourth-order valence-corrected chi connectivity index (χ4v) is 4.19. The van der Waals surface area contributed by atoms with E-state index in [1.54, 1.807) is 12.1 Å². The average molecular weight is 404 g/mol. The zero-order valence-corrected chi connectivity index (χ0v) is 17.2. The van der Waals surface area contributed by atoms with Gasteiger partial charge in [0.05, 0.1) is 14.2 Å². The van der Waals surface area contributed by atoms with Crippen molar-refractivity contribution in [3.8, 4) is 17.2 Å². The monoisotopic (exact) mass is 404 g/mol. The fourth-order valence-electron chi connectivity index (χ4n) is 3.07. The molecular formula is C17H29N2O5PS. The Morgan fingerprint density at radius 3 is 2.23 bits per heavy atom. The Morgan fingerprint density at radius 1 is 1.12 bits per heavy atom. The minimum Gasteiger partial charge on any atom is -0.493 e. The highest BCUT2D eigenvalue weighted by Crippen LogP contribution is 2.48. The molecule has 0 bridgehead atoms. The van der Waals surface area contributed by atoms with Crippen LogP contribution in [0.1, 0.15) is 38.5 Å². The predicted octanol–water partition coefficient (Wildman–Crippen LogP) is 3.37. The van der Waals surface area contributed by atoms with Gasteiger partial charge in [-0.25, -0.2) is 9.65 Å². The van der Waals surface area contributed by atoms with Crippen molar-refractivity contribution in [2.75, 3.05) is 27.3 Å². The van der Waals surface area contributed by atoms with Crippen LogP contribution in [0.2, 0.25) is 0 Å². The number of hydrogen-bond acceptors (Lipinski definition) is 6. The Labute approximate surface area is 160 Å². The van der Waals surface area contributed by atoms with E-state index in [0.717, 1.165) is 12.8 Å². The van der Waals surface area contributed by atoms with Gasteiger partial charge in [-0.1, -0.05) is 25.7 Å². The van der Waals surface area contributed by atoms with Gasteiger partial charge in [0.25, 0.3) is 0 Å². The number of nitrogens with one attached hydrogen (secondary N) is 2. The molecule has 1 saturated carbocycles. The number of thiol groups is 1. The van der Waals surface area contributed by atoms with E-state index in [9.17, 15) is 9.46 Å². The first-order valence-corrected chi connectivity index (χ1v) is 10.9. The van der Waals surface area contributed by atoms with Crippen molar-refractivity contribution >= 4 is 20.4 Å². The summed E-state index contributed by atoms with van der Waals surface area (Å²) in [7, 11) is -1.17. The first-order valence-electron chi connectivity index (χ1n) is 8.91. The molecule has 0 amide bonds. The van der Waals surface area contributed by atoms with Gasteiger partial charge < -0.3 is 24.2 Å². The summed E-state index contributed by atoms with van der Waals surface area (Å²) in [5.74, 6) is 0.631. The Bertz CT molecular complexity index is 598. The van der Waals surface area contributed by atoms with Crippen molar-refractivity contribution in [2.24, 2.45) is 0 Å². The molecule has 1 atom stereocenters. The van der Waals surface area contributed by atoms with E-state index < -0.39 is 7.75 Å². The maximum atomic E-state index is 12.4. The number of rotatable bonds is 9. The van der Waals surface area contributed by atoms with Gasteiger partial charge in [-0.05, 0) is 25.0 Å². The average Bonchev–Trinajstić information content (AvgIpc) is 2.88. The van der Waals surface area contributed by atoms with Gasteiger partial charge in [0.1, 0.15) is 0 Å². The lowest BCUT2D eigenvalue weighted by molar-refractivity contribution is 0.324. The molecule has 0 aliphatic heterocycles. The van der Waals surface area contributed by atoms with E-state index in [1.165, 1.54) is 39.9 Å². The molecule has 0 heterocycles. The quantitative estimate of drug-likeness (QED) is 0.217. The Balaban J connectivity index is 1.89. The zero-order valence-electron chi connectivity index (χ0n) is 15.4. The van der Waals surface area contributed by atoms with E-state index in [1.807, 2.05) is 0 Å². The van der Waals surface area contributed by atoms with Crippen molar-refractivity contribution in [3.63, 3.8) is 0 Å². The van der Waals surface area contributed by atoms with Crippen LogP contribution in [0.5, 0.6) is 17.2 Å². The molecule has 0 saturated heterocycles. The van der Waals surface area contributed by atoms with Gasteiger partial charge in [-0.15, -0.1) is 12.6 Å². The molecule has 1 unspecified atom stereocenters. The van der Waals surface area contributed by atoms with Gasteiger partial charge >= 0.3 is 7.75 Å². The molecule has 0 spiro atoms. The Kier molecular flexibility index (Phi) is 8.57. The topological polar surface area (TPSA) is 89.1 Å².